The fourth-order valence-electron chi connectivity index (χ4n) is 2.56. The van der Waals surface area contributed by atoms with Crippen LogP contribution in [0.4, 0.5) is 11.4 Å². The Morgan fingerprint density at radius 3 is 2.36 bits per heavy atom. The zero-order chi connectivity index (χ0) is 20.0. The highest BCUT2D eigenvalue weighted by atomic mass is 35.5. The summed E-state index contributed by atoms with van der Waals surface area (Å²) in [5, 5.41) is 6.16. The molecule has 0 saturated heterocycles. The number of rotatable bonds is 7. The Labute approximate surface area is 176 Å². The molecule has 8 heteroatoms. The predicted octanol–water partition coefficient (Wildman–Crippen LogP) is 4.14. The number of benzene rings is 2. The molecule has 0 aliphatic heterocycles. The highest BCUT2D eigenvalue weighted by molar-refractivity contribution is 6.30. The van der Waals surface area contributed by atoms with Crippen molar-refractivity contribution < 1.29 is 14.3 Å². The molecule has 2 rings (SSSR count). The molecule has 2 atom stereocenters. The summed E-state index contributed by atoms with van der Waals surface area (Å²) < 4.78 is 5.11. The Kier molecular flexibility index (Phi) is 9.09. The molecule has 0 fully saturated rings. The van der Waals surface area contributed by atoms with Gasteiger partial charge in [0.2, 0.25) is 5.91 Å². The molecule has 0 aliphatic rings. The molecule has 2 aromatic carbocycles. The number of anilines is 2. The summed E-state index contributed by atoms with van der Waals surface area (Å²) in [5.41, 5.74) is 7.27. The normalized spacial score (nSPS) is 12.3. The average molecular weight is 426 g/mol. The molecule has 0 saturated carbocycles. The summed E-state index contributed by atoms with van der Waals surface area (Å²) in [7, 11) is 1.52. The van der Waals surface area contributed by atoms with Crippen LogP contribution in [0.25, 0.3) is 0 Å². The first kappa shape index (κ1) is 23.6. The molecular weight excluding hydrogens is 401 g/mol. The predicted molar refractivity (Wildman–Crippen MR) is 115 cm³/mol. The topological polar surface area (TPSA) is 93.5 Å². The molecule has 0 heterocycles. The second-order valence-corrected chi connectivity index (χ2v) is 6.73. The minimum atomic E-state index is -0.693. The summed E-state index contributed by atoms with van der Waals surface area (Å²) in [6.45, 7) is 3.87. The van der Waals surface area contributed by atoms with Crippen LogP contribution in [0.3, 0.4) is 0 Å². The van der Waals surface area contributed by atoms with Crippen molar-refractivity contribution in [3.8, 4) is 5.75 Å². The van der Waals surface area contributed by atoms with Crippen LogP contribution in [-0.2, 0) is 4.79 Å². The van der Waals surface area contributed by atoms with E-state index in [4.69, 9.17) is 22.1 Å². The van der Waals surface area contributed by atoms with E-state index in [-0.39, 0.29) is 30.1 Å². The van der Waals surface area contributed by atoms with Gasteiger partial charge in [-0.1, -0.05) is 31.9 Å². The number of hydrogen-bond donors (Lipinski definition) is 3. The van der Waals surface area contributed by atoms with Crippen LogP contribution in [0, 0.1) is 5.92 Å². The van der Waals surface area contributed by atoms with E-state index in [9.17, 15) is 9.59 Å². The van der Waals surface area contributed by atoms with Crippen molar-refractivity contribution in [2.75, 3.05) is 18.2 Å². The number of carbonyl (C=O) groups excluding carboxylic acids is 2. The number of carbonyl (C=O) groups is 2. The maximum Gasteiger partial charge on any atom is 0.251 e. The number of hydrogen-bond acceptors (Lipinski definition) is 4. The molecule has 0 aromatic heterocycles. The third-order valence-electron chi connectivity index (χ3n) is 4.39. The summed E-state index contributed by atoms with van der Waals surface area (Å²) in [4.78, 5) is 25.3. The van der Waals surface area contributed by atoms with Gasteiger partial charge in [0.1, 0.15) is 11.8 Å². The van der Waals surface area contributed by atoms with Gasteiger partial charge in [-0.25, -0.2) is 0 Å². The molecule has 4 N–H and O–H groups in total. The van der Waals surface area contributed by atoms with Crippen LogP contribution in [0.15, 0.2) is 42.5 Å². The van der Waals surface area contributed by atoms with Crippen molar-refractivity contribution >= 4 is 47.2 Å². The monoisotopic (exact) mass is 425 g/mol. The van der Waals surface area contributed by atoms with E-state index in [0.29, 0.717) is 27.7 Å². The molecular formula is C20H25Cl2N3O3. The van der Waals surface area contributed by atoms with Gasteiger partial charge in [0.25, 0.3) is 5.91 Å². The second kappa shape index (κ2) is 10.8. The largest absolute Gasteiger partial charge is 0.495 e. The lowest BCUT2D eigenvalue weighted by Crippen LogP contribution is -2.47. The Morgan fingerprint density at radius 2 is 1.82 bits per heavy atom. The standard InChI is InChI=1S/C20H24ClN3O3.ClH/c1-4-12(2)18(24-19(25)13-5-7-14(21)8-6-13)20(26)23-15-9-10-17(27-3)16(22)11-15;/h5-12,18H,4,22H2,1-3H3,(H,23,26)(H,24,25);1H. The first-order valence-electron chi connectivity index (χ1n) is 8.66. The van der Waals surface area contributed by atoms with Crippen LogP contribution < -0.4 is 21.1 Å². The quantitative estimate of drug-likeness (QED) is 0.581. The van der Waals surface area contributed by atoms with Crippen LogP contribution >= 0.6 is 24.0 Å². The van der Waals surface area contributed by atoms with E-state index < -0.39 is 6.04 Å². The molecule has 0 aliphatic carbocycles. The minimum Gasteiger partial charge on any atom is -0.495 e. The lowest BCUT2D eigenvalue weighted by atomic mass is 9.97. The van der Waals surface area contributed by atoms with Crippen molar-refractivity contribution in [2.45, 2.75) is 26.3 Å². The first-order valence-corrected chi connectivity index (χ1v) is 9.04. The van der Waals surface area contributed by atoms with E-state index in [0.717, 1.165) is 6.42 Å². The average Bonchev–Trinajstić information content (AvgIpc) is 2.66. The fourth-order valence-corrected chi connectivity index (χ4v) is 2.69. The van der Waals surface area contributed by atoms with Crippen molar-refractivity contribution in [3.05, 3.63) is 53.1 Å². The number of nitrogens with two attached hydrogens (primary N) is 1. The molecule has 152 valence electrons. The smallest absolute Gasteiger partial charge is 0.251 e. The molecule has 6 nitrogen and oxygen atoms in total. The van der Waals surface area contributed by atoms with E-state index in [1.54, 1.807) is 42.5 Å². The van der Waals surface area contributed by atoms with Crippen molar-refractivity contribution in [1.82, 2.24) is 5.32 Å². The van der Waals surface area contributed by atoms with E-state index in [2.05, 4.69) is 10.6 Å². The highest BCUT2D eigenvalue weighted by Gasteiger charge is 2.26. The summed E-state index contributed by atoms with van der Waals surface area (Å²) in [6.07, 6.45) is 0.726. The Morgan fingerprint density at radius 1 is 1.18 bits per heavy atom. The third kappa shape index (κ3) is 6.04. The Balaban J connectivity index is 0.00000392. The molecule has 2 aromatic rings. The van der Waals surface area contributed by atoms with Gasteiger partial charge in [-0.05, 0) is 48.4 Å². The van der Waals surface area contributed by atoms with Gasteiger partial charge in [-0.15, -0.1) is 12.4 Å². The SMILES string of the molecule is CCC(C)C(NC(=O)c1ccc(Cl)cc1)C(=O)Nc1ccc(OC)c(N)c1.Cl. The number of methoxy groups -OCH3 is 1. The molecule has 0 bridgehead atoms. The zero-order valence-corrected chi connectivity index (χ0v) is 17.6. The Bertz CT molecular complexity index is 813. The van der Waals surface area contributed by atoms with Gasteiger partial charge >= 0.3 is 0 Å². The van der Waals surface area contributed by atoms with Crippen molar-refractivity contribution in [2.24, 2.45) is 5.92 Å². The number of halogens is 2. The molecule has 2 amide bonds. The lowest BCUT2D eigenvalue weighted by Gasteiger charge is -2.24. The zero-order valence-electron chi connectivity index (χ0n) is 16.0. The van der Waals surface area contributed by atoms with Gasteiger partial charge in [0.05, 0.1) is 12.8 Å². The van der Waals surface area contributed by atoms with E-state index in [1.165, 1.54) is 7.11 Å². The van der Waals surface area contributed by atoms with Crippen LogP contribution in [-0.4, -0.2) is 25.0 Å². The fraction of sp³-hybridized carbons (Fsp3) is 0.300. The van der Waals surface area contributed by atoms with Gasteiger partial charge < -0.3 is 21.1 Å². The number of nitrogens with one attached hydrogen (secondary N) is 2. The summed E-state index contributed by atoms with van der Waals surface area (Å²) in [6, 6.07) is 10.8. The molecule has 0 spiro atoms. The van der Waals surface area contributed by atoms with Gasteiger partial charge in [0, 0.05) is 16.3 Å². The van der Waals surface area contributed by atoms with Gasteiger partial charge in [0.15, 0.2) is 0 Å². The summed E-state index contributed by atoms with van der Waals surface area (Å²) >= 11 is 5.86. The van der Waals surface area contributed by atoms with Crippen LogP contribution in [0.5, 0.6) is 5.75 Å². The third-order valence-corrected chi connectivity index (χ3v) is 4.64. The highest BCUT2D eigenvalue weighted by Crippen LogP contribution is 2.25. The minimum absolute atomic E-state index is 0. The van der Waals surface area contributed by atoms with Gasteiger partial charge in [-0.2, -0.15) is 0 Å². The second-order valence-electron chi connectivity index (χ2n) is 6.29. The van der Waals surface area contributed by atoms with E-state index >= 15 is 0 Å². The van der Waals surface area contributed by atoms with Crippen LogP contribution in [0.2, 0.25) is 5.02 Å². The van der Waals surface area contributed by atoms with Crippen molar-refractivity contribution in [3.63, 3.8) is 0 Å². The van der Waals surface area contributed by atoms with Gasteiger partial charge in [-0.3, -0.25) is 9.59 Å². The van der Waals surface area contributed by atoms with Crippen molar-refractivity contribution in [1.29, 1.82) is 0 Å². The maximum absolute atomic E-state index is 12.8. The Hall–Kier alpha value is -2.44. The van der Waals surface area contributed by atoms with Crippen LogP contribution in [0.1, 0.15) is 30.6 Å². The number of amides is 2. The molecule has 28 heavy (non-hydrogen) atoms. The molecule has 0 radical (unpaired) electrons. The summed E-state index contributed by atoms with van der Waals surface area (Å²) in [5.74, 6) is -0.169. The number of ether oxygens (including phenoxy) is 1. The number of nitrogen functional groups attached to an aromatic ring is 1. The first-order chi connectivity index (χ1) is 12.8. The van der Waals surface area contributed by atoms with E-state index in [1.807, 2.05) is 13.8 Å². The molecule has 2 unspecified atom stereocenters. The maximum atomic E-state index is 12.8. The lowest BCUT2D eigenvalue weighted by molar-refractivity contribution is -0.119.